The molecule has 35 heavy (non-hydrogen) atoms. The van der Waals surface area contributed by atoms with Crippen LogP contribution in [-0.4, -0.2) is 20.5 Å². The van der Waals surface area contributed by atoms with E-state index in [0.29, 0.717) is 34.7 Å². The Bertz CT molecular complexity index is 1450. The second-order valence-corrected chi connectivity index (χ2v) is 9.21. The maximum atomic E-state index is 13.9. The molecule has 178 valence electrons. The van der Waals surface area contributed by atoms with Gasteiger partial charge >= 0.3 is 6.03 Å². The molecule has 0 saturated heterocycles. The van der Waals surface area contributed by atoms with Gasteiger partial charge in [0.1, 0.15) is 5.82 Å². The second-order valence-electron chi connectivity index (χ2n) is 8.80. The minimum absolute atomic E-state index is 0.165. The van der Waals surface area contributed by atoms with E-state index in [4.69, 9.17) is 16.6 Å². The van der Waals surface area contributed by atoms with Crippen LogP contribution in [0.3, 0.4) is 0 Å². The number of carbonyl (C=O) groups excluding carboxylic acids is 1. The van der Waals surface area contributed by atoms with Crippen molar-refractivity contribution in [1.82, 2.24) is 14.5 Å². The fourth-order valence-electron chi connectivity index (χ4n) is 4.96. The molecule has 7 heteroatoms. The highest BCUT2D eigenvalue weighted by Gasteiger charge is 2.37. The Kier molecular flexibility index (Phi) is 6.31. The average molecular weight is 487 g/mol. The average Bonchev–Trinajstić information content (AvgIpc) is 3.29. The lowest BCUT2D eigenvalue weighted by Gasteiger charge is -2.34. The largest absolute Gasteiger partial charge is 0.322 e. The summed E-state index contributed by atoms with van der Waals surface area (Å²) in [6, 6.07) is 22.2. The lowest BCUT2D eigenvalue weighted by molar-refractivity contribution is 0.159. The minimum atomic E-state index is -0.366. The van der Waals surface area contributed by atoms with E-state index in [-0.39, 0.29) is 23.7 Å². The summed E-state index contributed by atoms with van der Waals surface area (Å²) < 4.78 is 1.66. The van der Waals surface area contributed by atoms with Crippen molar-refractivity contribution < 1.29 is 4.79 Å². The molecule has 5 rings (SSSR count). The van der Waals surface area contributed by atoms with Crippen LogP contribution in [0.5, 0.6) is 0 Å². The third kappa shape index (κ3) is 4.19. The van der Waals surface area contributed by atoms with E-state index in [0.717, 1.165) is 23.2 Å². The highest BCUT2D eigenvalue weighted by molar-refractivity contribution is 6.35. The third-order valence-electron chi connectivity index (χ3n) is 6.80. The number of fused-ring (bicyclic) bond motifs is 2. The van der Waals surface area contributed by atoms with E-state index in [1.54, 1.807) is 22.8 Å². The van der Waals surface area contributed by atoms with E-state index in [2.05, 4.69) is 12.2 Å². The molecule has 2 unspecified atom stereocenters. The Morgan fingerprint density at radius 3 is 2.63 bits per heavy atom. The van der Waals surface area contributed by atoms with Crippen LogP contribution >= 0.6 is 11.6 Å². The van der Waals surface area contributed by atoms with Crippen molar-refractivity contribution >= 4 is 34.2 Å². The second kappa shape index (κ2) is 9.55. The first-order valence-electron chi connectivity index (χ1n) is 11.9. The van der Waals surface area contributed by atoms with Crippen LogP contribution in [0.15, 0.2) is 77.6 Å². The number of amides is 2. The van der Waals surface area contributed by atoms with E-state index in [9.17, 15) is 9.59 Å². The molecule has 6 nitrogen and oxygen atoms in total. The zero-order valence-electron chi connectivity index (χ0n) is 19.7. The Balaban J connectivity index is 1.60. The predicted molar refractivity (Wildman–Crippen MR) is 140 cm³/mol. The molecule has 2 amide bonds. The van der Waals surface area contributed by atoms with Gasteiger partial charge in [0, 0.05) is 12.2 Å². The van der Waals surface area contributed by atoms with Gasteiger partial charge in [-0.3, -0.25) is 9.36 Å². The van der Waals surface area contributed by atoms with Gasteiger partial charge in [0.05, 0.1) is 28.0 Å². The van der Waals surface area contributed by atoms with E-state index >= 15 is 0 Å². The molecule has 3 aromatic carbocycles. The smallest absolute Gasteiger partial charge is 0.308 e. The van der Waals surface area contributed by atoms with Crippen molar-refractivity contribution in [1.29, 1.82) is 0 Å². The Morgan fingerprint density at radius 2 is 1.86 bits per heavy atom. The molecule has 2 heterocycles. The van der Waals surface area contributed by atoms with Crippen molar-refractivity contribution in [2.24, 2.45) is 0 Å². The molecule has 0 bridgehead atoms. The number of para-hydroxylation sites is 1. The zero-order valence-corrected chi connectivity index (χ0v) is 20.5. The number of nitrogens with zero attached hydrogens (tertiary/aromatic N) is 3. The molecule has 0 saturated carbocycles. The first-order valence-corrected chi connectivity index (χ1v) is 12.3. The maximum Gasteiger partial charge on any atom is 0.322 e. The lowest BCUT2D eigenvalue weighted by atomic mass is 10.0. The fraction of sp³-hybridized carbons (Fsp3) is 0.250. The van der Waals surface area contributed by atoms with Crippen LogP contribution in [0.4, 0.5) is 10.5 Å². The molecule has 1 aliphatic rings. The van der Waals surface area contributed by atoms with Crippen molar-refractivity contribution in [3.05, 3.63) is 105 Å². The number of halogens is 1. The van der Waals surface area contributed by atoms with Crippen LogP contribution in [0.2, 0.25) is 5.02 Å². The van der Waals surface area contributed by atoms with Gasteiger partial charge in [-0.15, -0.1) is 0 Å². The number of nitrogens with one attached hydrogen (secondary N) is 1. The van der Waals surface area contributed by atoms with Gasteiger partial charge in [-0.25, -0.2) is 9.78 Å². The number of aryl methyl sites for hydroxylation is 1. The highest BCUT2D eigenvalue weighted by atomic mass is 35.5. The van der Waals surface area contributed by atoms with Crippen LogP contribution < -0.4 is 10.9 Å². The molecule has 4 aromatic rings. The van der Waals surface area contributed by atoms with Crippen LogP contribution in [0.25, 0.3) is 10.9 Å². The zero-order chi connectivity index (χ0) is 24.5. The molecule has 0 aliphatic carbocycles. The van der Waals surface area contributed by atoms with Crippen LogP contribution in [0.1, 0.15) is 49.3 Å². The third-order valence-corrected chi connectivity index (χ3v) is 7.11. The predicted octanol–water partition coefficient (Wildman–Crippen LogP) is 6.35. The summed E-state index contributed by atoms with van der Waals surface area (Å²) >= 11 is 6.33. The summed E-state index contributed by atoms with van der Waals surface area (Å²) in [7, 11) is 0. The van der Waals surface area contributed by atoms with E-state index in [1.165, 1.54) is 0 Å². The molecule has 0 spiro atoms. The van der Waals surface area contributed by atoms with Gasteiger partial charge in [0.15, 0.2) is 0 Å². The first kappa shape index (κ1) is 23.1. The summed E-state index contributed by atoms with van der Waals surface area (Å²) in [5, 5.41) is 3.94. The Morgan fingerprint density at radius 1 is 1.11 bits per heavy atom. The van der Waals surface area contributed by atoms with Crippen LogP contribution in [-0.2, 0) is 13.0 Å². The van der Waals surface area contributed by atoms with Crippen LogP contribution in [0, 0.1) is 0 Å². The number of aromatic nitrogens is 2. The van der Waals surface area contributed by atoms with E-state index < -0.39 is 0 Å². The van der Waals surface area contributed by atoms with Crippen molar-refractivity contribution in [3.8, 4) is 0 Å². The number of urea groups is 1. The van der Waals surface area contributed by atoms with Crippen molar-refractivity contribution in [2.75, 3.05) is 5.32 Å². The van der Waals surface area contributed by atoms with Gasteiger partial charge < -0.3 is 10.2 Å². The van der Waals surface area contributed by atoms with Gasteiger partial charge in [0.25, 0.3) is 5.56 Å². The standard InChI is InChI=1S/C28H27ClN4O2/c1-3-19-10-7-8-14-22(19)31-28(35)33(18(2)20-11-5-4-6-12-20)24-16-17-32-26(24)30-23-15-9-13-21(29)25(23)27(32)34/h4-15,18,24H,3,16-17H2,1-2H3,(H,31,35). The molecular weight excluding hydrogens is 460 g/mol. The Labute approximate surface area is 209 Å². The van der Waals surface area contributed by atoms with Gasteiger partial charge in [0.2, 0.25) is 0 Å². The number of benzene rings is 3. The normalized spacial score (nSPS) is 15.6. The number of hydrogen-bond acceptors (Lipinski definition) is 3. The van der Waals surface area contributed by atoms with Crippen molar-refractivity contribution in [3.63, 3.8) is 0 Å². The van der Waals surface area contributed by atoms with Gasteiger partial charge in [-0.1, -0.05) is 73.1 Å². The molecule has 1 N–H and O–H groups in total. The van der Waals surface area contributed by atoms with Gasteiger partial charge in [-0.05, 0) is 49.1 Å². The number of hydrogen-bond donors (Lipinski definition) is 1. The molecular formula is C28H27ClN4O2. The summed E-state index contributed by atoms with van der Waals surface area (Å²) in [6.07, 6.45) is 1.40. The number of rotatable bonds is 5. The number of anilines is 1. The summed E-state index contributed by atoms with van der Waals surface area (Å²) in [4.78, 5) is 33.8. The Hall–Kier alpha value is -3.64. The van der Waals surface area contributed by atoms with E-state index in [1.807, 2.05) is 66.4 Å². The fourth-order valence-corrected chi connectivity index (χ4v) is 5.22. The molecule has 2 atom stereocenters. The minimum Gasteiger partial charge on any atom is -0.308 e. The maximum absolute atomic E-state index is 13.9. The van der Waals surface area contributed by atoms with Gasteiger partial charge in [-0.2, -0.15) is 0 Å². The highest BCUT2D eigenvalue weighted by Crippen LogP contribution is 2.37. The summed E-state index contributed by atoms with van der Waals surface area (Å²) in [5.41, 5.74) is 3.25. The topological polar surface area (TPSA) is 67.2 Å². The molecule has 0 fully saturated rings. The summed E-state index contributed by atoms with van der Waals surface area (Å²) in [6.45, 7) is 4.55. The quantitative estimate of drug-likeness (QED) is 0.357. The monoisotopic (exact) mass is 486 g/mol. The number of carbonyl (C=O) groups is 1. The molecule has 0 radical (unpaired) electrons. The summed E-state index contributed by atoms with van der Waals surface area (Å²) in [5.74, 6) is 0.589. The lowest BCUT2D eigenvalue weighted by Crippen LogP contribution is -2.40. The molecule has 1 aliphatic heterocycles. The first-order chi connectivity index (χ1) is 17.0. The SMILES string of the molecule is CCc1ccccc1NC(=O)N(C(C)c1ccccc1)C1CCn2c1nc1cccc(Cl)c1c2=O. The molecule has 1 aromatic heterocycles. The van der Waals surface area contributed by atoms with Crippen molar-refractivity contribution in [2.45, 2.75) is 45.3 Å².